The van der Waals surface area contributed by atoms with Gasteiger partial charge < -0.3 is 0 Å². The molecule has 1 aromatic carbocycles. The van der Waals surface area contributed by atoms with Crippen LogP contribution in [-0.2, 0) is 11.2 Å². The van der Waals surface area contributed by atoms with E-state index in [1.165, 1.54) is 5.56 Å². The summed E-state index contributed by atoms with van der Waals surface area (Å²) in [6.45, 7) is 2.17. The molecule has 1 saturated carbocycles. The maximum atomic E-state index is 11.6. The van der Waals surface area contributed by atoms with Crippen LogP contribution in [0.5, 0.6) is 0 Å². The van der Waals surface area contributed by atoms with E-state index in [0.29, 0.717) is 11.7 Å². The van der Waals surface area contributed by atoms with Gasteiger partial charge in [-0.05, 0) is 24.3 Å². The molecule has 2 rings (SSSR count). The van der Waals surface area contributed by atoms with Gasteiger partial charge in [-0.3, -0.25) is 4.79 Å². The highest BCUT2D eigenvalue weighted by Crippen LogP contribution is 2.29. The largest absolute Gasteiger partial charge is 0.299 e. The molecule has 1 aromatic rings. The molecule has 74 valence electrons. The van der Waals surface area contributed by atoms with Crippen molar-refractivity contribution in [2.24, 2.45) is 11.8 Å². The predicted octanol–water partition coefficient (Wildman–Crippen LogP) is 2.84. The summed E-state index contributed by atoms with van der Waals surface area (Å²) in [6.07, 6.45) is 2.80. The summed E-state index contributed by atoms with van der Waals surface area (Å²) in [5.74, 6) is 1.34. The van der Waals surface area contributed by atoms with E-state index in [-0.39, 0.29) is 5.92 Å². The second kappa shape index (κ2) is 3.95. The Bertz CT molecular complexity index is 315. The number of ketones is 1. The SMILES string of the molecule is C[C@H]1CC(=O)C(Cc2ccccc2)C1. The lowest BCUT2D eigenvalue weighted by atomic mass is 9.96. The molecule has 0 heterocycles. The highest BCUT2D eigenvalue weighted by molar-refractivity contribution is 5.83. The zero-order valence-corrected chi connectivity index (χ0v) is 8.57. The van der Waals surface area contributed by atoms with Gasteiger partial charge in [-0.2, -0.15) is 0 Å². The number of hydrogen-bond donors (Lipinski definition) is 0. The van der Waals surface area contributed by atoms with Gasteiger partial charge in [0.1, 0.15) is 5.78 Å². The quantitative estimate of drug-likeness (QED) is 0.697. The smallest absolute Gasteiger partial charge is 0.136 e. The van der Waals surface area contributed by atoms with Gasteiger partial charge in [0.2, 0.25) is 0 Å². The molecule has 0 N–H and O–H groups in total. The first-order valence-corrected chi connectivity index (χ1v) is 5.32. The van der Waals surface area contributed by atoms with E-state index in [2.05, 4.69) is 19.1 Å². The molecule has 2 atom stereocenters. The molecular formula is C13H16O. The first-order chi connectivity index (χ1) is 6.75. The van der Waals surface area contributed by atoms with Gasteiger partial charge in [-0.15, -0.1) is 0 Å². The molecule has 0 amide bonds. The molecule has 1 fully saturated rings. The third-order valence-electron chi connectivity index (χ3n) is 3.02. The van der Waals surface area contributed by atoms with E-state index in [1.54, 1.807) is 0 Å². The lowest BCUT2D eigenvalue weighted by Gasteiger charge is -2.07. The van der Waals surface area contributed by atoms with Gasteiger partial charge in [0, 0.05) is 12.3 Å². The van der Waals surface area contributed by atoms with Crippen LogP contribution in [0, 0.1) is 11.8 Å². The van der Waals surface area contributed by atoms with Crippen LogP contribution in [0.1, 0.15) is 25.3 Å². The molecule has 0 spiro atoms. The van der Waals surface area contributed by atoms with Crippen molar-refractivity contribution in [2.75, 3.05) is 0 Å². The number of benzene rings is 1. The first-order valence-electron chi connectivity index (χ1n) is 5.32. The average Bonchev–Trinajstić information content (AvgIpc) is 2.47. The summed E-state index contributed by atoms with van der Waals surface area (Å²) in [5, 5.41) is 0. The molecule has 0 aliphatic heterocycles. The highest BCUT2D eigenvalue weighted by atomic mass is 16.1. The van der Waals surface area contributed by atoms with E-state index in [0.717, 1.165) is 19.3 Å². The predicted molar refractivity (Wildman–Crippen MR) is 57.0 cm³/mol. The van der Waals surface area contributed by atoms with Crippen molar-refractivity contribution in [2.45, 2.75) is 26.2 Å². The maximum Gasteiger partial charge on any atom is 0.136 e. The molecule has 0 aromatic heterocycles. The molecule has 0 saturated heterocycles. The second-order valence-electron chi connectivity index (χ2n) is 4.40. The Morgan fingerprint density at radius 1 is 1.29 bits per heavy atom. The monoisotopic (exact) mass is 188 g/mol. The first kappa shape index (κ1) is 9.45. The Labute approximate surface area is 85.1 Å². The summed E-state index contributed by atoms with van der Waals surface area (Å²) < 4.78 is 0. The van der Waals surface area contributed by atoms with Crippen molar-refractivity contribution < 1.29 is 4.79 Å². The van der Waals surface area contributed by atoms with E-state index < -0.39 is 0 Å². The molecule has 14 heavy (non-hydrogen) atoms. The summed E-state index contributed by atoms with van der Waals surface area (Å²) >= 11 is 0. The van der Waals surface area contributed by atoms with Gasteiger partial charge in [0.05, 0.1) is 0 Å². The fourth-order valence-electron chi connectivity index (χ4n) is 2.31. The van der Waals surface area contributed by atoms with Crippen LogP contribution in [0.4, 0.5) is 0 Å². The molecule has 1 aliphatic carbocycles. The zero-order chi connectivity index (χ0) is 9.97. The third-order valence-corrected chi connectivity index (χ3v) is 3.02. The van der Waals surface area contributed by atoms with Crippen LogP contribution in [0.15, 0.2) is 30.3 Å². The maximum absolute atomic E-state index is 11.6. The van der Waals surface area contributed by atoms with E-state index in [4.69, 9.17) is 0 Å². The third kappa shape index (κ3) is 2.03. The van der Waals surface area contributed by atoms with Gasteiger partial charge in [0.15, 0.2) is 0 Å². The van der Waals surface area contributed by atoms with Crippen LogP contribution in [0.25, 0.3) is 0 Å². The fraction of sp³-hybridized carbons (Fsp3) is 0.462. The summed E-state index contributed by atoms with van der Waals surface area (Å²) in [6, 6.07) is 10.3. The standard InChI is InChI=1S/C13H16O/c1-10-7-12(13(14)8-10)9-11-5-3-2-4-6-11/h2-6,10,12H,7-9H2,1H3/t10-,12?/m1/s1. The van der Waals surface area contributed by atoms with E-state index in [9.17, 15) is 4.79 Å². The van der Waals surface area contributed by atoms with Crippen molar-refractivity contribution in [3.8, 4) is 0 Å². The Morgan fingerprint density at radius 3 is 2.57 bits per heavy atom. The minimum atomic E-state index is 0.285. The second-order valence-corrected chi connectivity index (χ2v) is 4.40. The lowest BCUT2D eigenvalue weighted by Crippen LogP contribution is -2.09. The normalized spacial score (nSPS) is 26.8. The average molecular weight is 188 g/mol. The van der Waals surface area contributed by atoms with Crippen LogP contribution in [-0.4, -0.2) is 5.78 Å². The number of Topliss-reactive ketones (excluding diaryl/α,β-unsaturated/α-hetero) is 1. The van der Waals surface area contributed by atoms with Crippen molar-refractivity contribution in [1.29, 1.82) is 0 Å². The number of carbonyl (C=O) groups is 1. The van der Waals surface area contributed by atoms with Crippen molar-refractivity contribution in [1.82, 2.24) is 0 Å². The fourth-order valence-corrected chi connectivity index (χ4v) is 2.31. The minimum absolute atomic E-state index is 0.285. The van der Waals surface area contributed by atoms with Gasteiger partial charge in [0.25, 0.3) is 0 Å². The Kier molecular flexibility index (Phi) is 2.67. The molecule has 0 bridgehead atoms. The topological polar surface area (TPSA) is 17.1 Å². The molecule has 0 radical (unpaired) electrons. The van der Waals surface area contributed by atoms with Crippen LogP contribution < -0.4 is 0 Å². The van der Waals surface area contributed by atoms with Crippen LogP contribution in [0.3, 0.4) is 0 Å². The van der Waals surface area contributed by atoms with Gasteiger partial charge in [-0.1, -0.05) is 37.3 Å². The highest BCUT2D eigenvalue weighted by Gasteiger charge is 2.29. The van der Waals surface area contributed by atoms with Crippen molar-refractivity contribution in [3.05, 3.63) is 35.9 Å². The Balaban J connectivity index is 2.02. The number of hydrogen-bond acceptors (Lipinski definition) is 1. The molecule has 1 aliphatic rings. The number of rotatable bonds is 2. The van der Waals surface area contributed by atoms with Crippen LogP contribution >= 0.6 is 0 Å². The molecule has 1 unspecified atom stereocenters. The zero-order valence-electron chi connectivity index (χ0n) is 8.57. The van der Waals surface area contributed by atoms with Gasteiger partial charge >= 0.3 is 0 Å². The molecule has 1 nitrogen and oxygen atoms in total. The lowest BCUT2D eigenvalue weighted by molar-refractivity contribution is -0.120. The Hall–Kier alpha value is -1.11. The number of carbonyl (C=O) groups excluding carboxylic acids is 1. The van der Waals surface area contributed by atoms with Crippen molar-refractivity contribution >= 4 is 5.78 Å². The summed E-state index contributed by atoms with van der Waals surface area (Å²) in [4.78, 5) is 11.6. The molecular weight excluding hydrogens is 172 g/mol. The van der Waals surface area contributed by atoms with E-state index >= 15 is 0 Å². The van der Waals surface area contributed by atoms with E-state index in [1.807, 2.05) is 18.2 Å². The molecule has 1 heteroatoms. The van der Waals surface area contributed by atoms with Crippen LogP contribution in [0.2, 0.25) is 0 Å². The Morgan fingerprint density at radius 2 is 2.00 bits per heavy atom. The van der Waals surface area contributed by atoms with Gasteiger partial charge in [-0.25, -0.2) is 0 Å². The minimum Gasteiger partial charge on any atom is -0.299 e. The summed E-state index contributed by atoms with van der Waals surface area (Å²) in [7, 11) is 0. The van der Waals surface area contributed by atoms with Crippen molar-refractivity contribution in [3.63, 3.8) is 0 Å². The summed E-state index contributed by atoms with van der Waals surface area (Å²) in [5.41, 5.74) is 1.29.